The van der Waals surface area contributed by atoms with Crippen molar-refractivity contribution in [2.45, 2.75) is 11.8 Å². The molecule has 3 rings (SSSR count). The van der Waals surface area contributed by atoms with Crippen LogP contribution in [0, 0.1) is 5.82 Å². The van der Waals surface area contributed by atoms with Gasteiger partial charge in [0.2, 0.25) is 0 Å². The number of rotatable bonds is 6. The van der Waals surface area contributed by atoms with Crippen LogP contribution in [0.3, 0.4) is 0 Å². The summed E-state index contributed by atoms with van der Waals surface area (Å²) in [7, 11) is -2.54. The van der Waals surface area contributed by atoms with Crippen LogP contribution < -0.4 is 4.74 Å². The van der Waals surface area contributed by atoms with Gasteiger partial charge in [0.15, 0.2) is 0 Å². The summed E-state index contributed by atoms with van der Waals surface area (Å²) in [4.78, 5) is 12.0. The van der Waals surface area contributed by atoms with E-state index in [1.54, 1.807) is 31.2 Å². The molecule has 0 saturated heterocycles. The Morgan fingerprint density at radius 1 is 1.07 bits per heavy atom. The van der Waals surface area contributed by atoms with E-state index >= 15 is 0 Å². The molecule has 2 aromatic carbocycles. The van der Waals surface area contributed by atoms with Crippen molar-refractivity contribution in [3.8, 4) is 17.0 Å². The first-order valence-electron chi connectivity index (χ1n) is 8.42. The van der Waals surface area contributed by atoms with Crippen molar-refractivity contribution in [3.63, 3.8) is 0 Å². The third-order valence-corrected chi connectivity index (χ3v) is 5.74. The minimum Gasteiger partial charge on any atom is -0.497 e. The van der Waals surface area contributed by atoms with Crippen molar-refractivity contribution in [3.05, 3.63) is 72.2 Å². The van der Waals surface area contributed by atoms with Gasteiger partial charge in [-0.2, -0.15) is 0 Å². The molecule has 0 atom stereocenters. The molecule has 0 aliphatic rings. The highest BCUT2D eigenvalue weighted by Gasteiger charge is 2.24. The van der Waals surface area contributed by atoms with Gasteiger partial charge in [-0.05, 0) is 67.1 Å². The van der Waals surface area contributed by atoms with E-state index in [-0.39, 0.29) is 22.8 Å². The summed E-state index contributed by atoms with van der Waals surface area (Å²) < 4.78 is 50.6. The van der Waals surface area contributed by atoms with E-state index in [9.17, 15) is 17.6 Å². The molecule has 0 unspecified atom stereocenters. The molecule has 0 aliphatic carbocycles. The highest BCUT2D eigenvalue weighted by molar-refractivity contribution is 7.90. The van der Waals surface area contributed by atoms with Gasteiger partial charge >= 0.3 is 5.97 Å². The number of carbonyl (C=O) groups is 1. The molecule has 0 fully saturated rings. The Kier molecular flexibility index (Phi) is 5.51. The number of aromatic nitrogens is 1. The van der Waals surface area contributed by atoms with Crippen LogP contribution >= 0.6 is 0 Å². The maximum atomic E-state index is 13.2. The van der Waals surface area contributed by atoms with Crippen LogP contribution in [0.25, 0.3) is 11.3 Å². The van der Waals surface area contributed by atoms with Gasteiger partial charge in [-0.3, -0.25) is 0 Å². The summed E-state index contributed by atoms with van der Waals surface area (Å²) in [5.74, 6) is -0.576. The van der Waals surface area contributed by atoms with E-state index in [4.69, 9.17) is 9.47 Å². The number of halogens is 1. The van der Waals surface area contributed by atoms with E-state index < -0.39 is 21.8 Å². The topological polar surface area (TPSA) is 74.6 Å². The monoisotopic (exact) mass is 403 g/mol. The quantitative estimate of drug-likeness (QED) is 0.587. The van der Waals surface area contributed by atoms with Gasteiger partial charge in [-0.15, -0.1) is 0 Å². The zero-order valence-electron chi connectivity index (χ0n) is 15.3. The molecule has 3 aromatic rings. The van der Waals surface area contributed by atoms with E-state index in [1.807, 2.05) is 0 Å². The molecule has 146 valence electrons. The average Bonchev–Trinajstić information content (AvgIpc) is 3.15. The largest absolute Gasteiger partial charge is 0.497 e. The van der Waals surface area contributed by atoms with E-state index in [0.717, 1.165) is 16.1 Å². The van der Waals surface area contributed by atoms with Crippen LogP contribution in [0.1, 0.15) is 17.3 Å². The third kappa shape index (κ3) is 3.77. The number of esters is 1. The third-order valence-electron chi connectivity index (χ3n) is 4.05. The Labute approximate surface area is 162 Å². The van der Waals surface area contributed by atoms with Crippen molar-refractivity contribution >= 4 is 16.0 Å². The molecular formula is C20H18FNO5S. The maximum absolute atomic E-state index is 13.2. The highest BCUT2D eigenvalue weighted by atomic mass is 32.2. The second kappa shape index (κ2) is 7.85. The maximum Gasteiger partial charge on any atom is 0.339 e. The van der Waals surface area contributed by atoms with Crippen LogP contribution in [0.4, 0.5) is 4.39 Å². The average molecular weight is 403 g/mol. The van der Waals surface area contributed by atoms with E-state index in [0.29, 0.717) is 11.3 Å². The molecule has 0 bridgehead atoms. The first-order valence-corrected chi connectivity index (χ1v) is 9.86. The van der Waals surface area contributed by atoms with Crippen LogP contribution in [-0.2, 0) is 14.8 Å². The van der Waals surface area contributed by atoms with Gasteiger partial charge in [0, 0.05) is 6.20 Å². The molecule has 0 N–H and O–H groups in total. The minimum absolute atomic E-state index is 0.0957. The smallest absolute Gasteiger partial charge is 0.339 e. The summed E-state index contributed by atoms with van der Waals surface area (Å²) in [5, 5.41) is 0. The van der Waals surface area contributed by atoms with Crippen molar-refractivity contribution in [1.29, 1.82) is 0 Å². The summed E-state index contributed by atoms with van der Waals surface area (Å²) >= 11 is 0. The zero-order valence-corrected chi connectivity index (χ0v) is 16.1. The van der Waals surface area contributed by atoms with Crippen molar-refractivity contribution in [2.24, 2.45) is 0 Å². The molecule has 0 saturated carbocycles. The molecule has 8 heteroatoms. The lowest BCUT2D eigenvalue weighted by atomic mass is 10.1. The Hall–Kier alpha value is -3.13. The fraction of sp³-hybridized carbons (Fsp3) is 0.150. The number of hydrogen-bond acceptors (Lipinski definition) is 5. The van der Waals surface area contributed by atoms with Crippen molar-refractivity contribution < 1.29 is 27.1 Å². The fourth-order valence-corrected chi connectivity index (χ4v) is 4.04. The van der Waals surface area contributed by atoms with Gasteiger partial charge in [0.05, 0.1) is 29.9 Å². The van der Waals surface area contributed by atoms with Gasteiger partial charge < -0.3 is 9.47 Å². The Morgan fingerprint density at radius 2 is 1.71 bits per heavy atom. The Balaban J connectivity index is 2.17. The van der Waals surface area contributed by atoms with Gasteiger partial charge in [0.1, 0.15) is 11.6 Å². The van der Waals surface area contributed by atoms with Crippen LogP contribution in [-0.4, -0.2) is 32.1 Å². The lowest BCUT2D eigenvalue weighted by Crippen LogP contribution is -2.13. The number of hydrogen-bond donors (Lipinski definition) is 0. The Morgan fingerprint density at radius 3 is 2.29 bits per heavy atom. The lowest BCUT2D eigenvalue weighted by molar-refractivity contribution is 0.0526. The second-order valence-electron chi connectivity index (χ2n) is 5.82. The molecule has 1 heterocycles. The summed E-state index contributed by atoms with van der Waals surface area (Å²) in [5.41, 5.74) is 0.926. The SMILES string of the molecule is CCOC(=O)c1cc(-c2ccc(OC)cc2)n(S(=O)(=O)c2ccc(F)cc2)c1. The van der Waals surface area contributed by atoms with Gasteiger partial charge in [0.25, 0.3) is 10.0 Å². The molecular weight excluding hydrogens is 385 g/mol. The molecule has 0 aliphatic heterocycles. The number of nitrogens with zero attached hydrogens (tertiary/aromatic N) is 1. The number of carbonyl (C=O) groups excluding carboxylic acids is 1. The highest BCUT2D eigenvalue weighted by Crippen LogP contribution is 2.29. The molecule has 0 spiro atoms. The van der Waals surface area contributed by atoms with Crippen LogP contribution in [0.15, 0.2) is 65.7 Å². The predicted octanol–water partition coefficient (Wildman–Crippen LogP) is 3.72. The number of ether oxygens (including phenoxy) is 2. The summed E-state index contributed by atoms with van der Waals surface area (Å²) in [6.45, 7) is 1.82. The molecule has 0 radical (unpaired) electrons. The number of methoxy groups -OCH3 is 1. The van der Waals surface area contributed by atoms with Crippen molar-refractivity contribution in [1.82, 2.24) is 3.97 Å². The minimum atomic E-state index is -4.07. The van der Waals surface area contributed by atoms with Gasteiger partial charge in [-0.25, -0.2) is 21.6 Å². The van der Waals surface area contributed by atoms with Crippen molar-refractivity contribution in [2.75, 3.05) is 13.7 Å². The van der Waals surface area contributed by atoms with Crippen LogP contribution in [0.5, 0.6) is 5.75 Å². The molecule has 28 heavy (non-hydrogen) atoms. The zero-order chi connectivity index (χ0) is 20.3. The standard InChI is InChI=1S/C20H18FNO5S/c1-3-27-20(23)15-12-19(14-4-8-17(26-2)9-5-14)22(13-15)28(24,25)18-10-6-16(21)7-11-18/h4-13H,3H2,1-2H3. The molecule has 6 nitrogen and oxygen atoms in total. The number of benzene rings is 2. The molecule has 1 aromatic heterocycles. The van der Waals surface area contributed by atoms with E-state index in [2.05, 4.69) is 0 Å². The lowest BCUT2D eigenvalue weighted by Gasteiger charge is -2.11. The predicted molar refractivity (Wildman–Crippen MR) is 101 cm³/mol. The second-order valence-corrected chi connectivity index (χ2v) is 7.63. The first-order chi connectivity index (χ1) is 13.4. The normalized spacial score (nSPS) is 11.2. The van der Waals surface area contributed by atoms with E-state index in [1.165, 1.54) is 31.5 Å². The first kappa shape index (κ1) is 19.6. The van der Waals surface area contributed by atoms with Crippen LogP contribution in [0.2, 0.25) is 0 Å². The summed E-state index contributed by atoms with van der Waals surface area (Å²) in [6.07, 6.45) is 1.20. The fourth-order valence-electron chi connectivity index (χ4n) is 2.66. The summed E-state index contributed by atoms with van der Waals surface area (Å²) in [6, 6.07) is 12.6. The molecule has 0 amide bonds. The van der Waals surface area contributed by atoms with Gasteiger partial charge in [-0.1, -0.05) is 0 Å². The Bertz CT molecular complexity index is 1090.